The van der Waals surface area contributed by atoms with Gasteiger partial charge in [-0.1, -0.05) is 29.8 Å². The molecule has 0 spiro atoms. The Balaban J connectivity index is 1.91. The smallest absolute Gasteiger partial charge is 0.304 e. The molecule has 100 valence electrons. The van der Waals surface area contributed by atoms with Crippen LogP contribution >= 0.6 is 0 Å². The van der Waals surface area contributed by atoms with Gasteiger partial charge < -0.3 is 14.8 Å². The van der Waals surface area contributed by atoms with Crippen LogP contribution < -0.4 is 5.32 Å². The predicted molar refractivity (Wildman–Crippen MR) is 72.8 cm³/mol. The molecular weight excluding hydrogens is 242 g/mol. The number of rotatable bonds is 6. The Kier molecular flexibility index (Phi) is 4.36. The van der Waals surface area contributed by atoms with E-state index in [1.54, 1.807) is 0 Å². The maximum atomic E-state index is 10.4. The van der Waals surface area contributed by atoms with Gasteiger partial charge in [-0.15, -0.1) is 0 Å². The van der Waals surface area contributed by atoms with Crippen molar-refractivity contribution in [2.75, 3.05) is 6.54 Å². The van der Waals surface area contributed by atoms with Gasteiger partial charge in [-0.05, 0) is 19.1 Å². The molecule has 0 saturated heterocycles. The summed E-state index contributed by atoms with van der Waals surface area (Å²) in [6.07, 6.45) is 0.117. The summed E-state index contributed by atoms with van der Waals surface area (Å²) >= 11 is 0. The molecule has 19 heavy (non-hydrogen) atoms. The number of hydrogen-bond acceptors (Lipinski definition) is 3. The number of aliphatic carboxylic acids is 1. The quantitative estimate of drug-likeness (QED) is 0.783. The van der Waals surface area contributed by atoms with Crippen molar-refractivity contribution in [2.45, 2.75) is 19.9 Å². The minimum Gasteiger partial charge on any atom is -0.481 e. The molecule has 0 aliphatic heterocycles. The molecule has 1 heterocycles. The standard InChI is InChI=1S/C15H17NO3/c1-11-2-4-12(5-3-11)14-7-6-13(19-14)10-16-9-8-15(17)18/h2-7,16H,8-10H2,1H3,(H,17,18). The number of carbonyl (C=O) groups is 1. The molecule has 0 bridgehead atoms. The van der Waals surface area contributed by atoms with Crippen LogP contribution in [0.5, 0.6) is 0 Å². The van der Waals surface area contributed by atoms with Gasteiger partial charge >= 0.3 is 5.97 Å². The second kappa shape index (κ2) is 6.20. The SMILES string of the molecule is Cc1ccc(-c2ccc(CNCCC(=O)O)o2)cc1. The van der Waals surface area contributed by atoms with Gasteiger partial charge in [0.15, 0.2) is 0 Å². The molecule has 0 radical (unpaired) electrons. The van der Waals surface area contributed by atoms with E-state index in [0.29, 0.717) is 13.1 Å². The van der Waals surface area contributed by atoms with Crippen molar-refractivity contribution < 1.29 is 14.3 Å². The van der Waals surface area contributed by atoms with Crippen molar-refractivity contribution in [1.82, 2.24) is 5.32 Å². The van der Waals surface area contributed by atoms with Crippen LogP contribution in [-0.2, 0) is 11.3 Å². The Morgan fingerprint density at radius 1 is 1.21 bits per heavy atom. The summed E-state index contributed by atoms with van der Waals surface area (Å²) in [7, 11) is 0. The van der Waals surface area contributed by atoms with Gasteiger partial charge in [-0.2, -0.15) is 0 Å². The van der Waals surface area contributed by atoms with E-state index in [4.69, 9.17) is 9.52 Å². The number of aryl methyl sites for hydroxylation is 1. The predicted octanol–water partition coefficient (Wildman–Crippen LogP) is 2.82. The summed E-state index contributed by atoms with van der Waals surface area (Å²) < 4.78 is 5.71. The Morgan fingerprint density at radius 3 is 2.63 bits per heavy atom. The third kappa shape index (κ3) is 3.96. The van der Waals surface area contributed by atoms with Gasteiger partial charge in [0.25, 0.3) is 0 Å². The molecule has 4 nitrogen and oxygen atoms in total. The highest BCUT2D eigenvalue weighted by atomic mass is 16.4. The number of nitrogens with one attached hydrogen (secondary N) is 1. The third-order valence-corrected chi connectivity index (χ3v) is 2.81. The van der Waals surface area contributed by atoms with E-state index in [-0.39, 0.29) is 6.42 Å². The molecule has 4 heteroatoms. The van der Waals surface area contributed by atoms with Crippen LogP contribution in [0, 0.1) is 6.92 Å². The number of carboxylic acid groups (broad SMARTS) is 1. The zero-order chi connectivity index (χ0) is 13.7. The Hall–Kier alpha value is -2.07. The van der Waals surface area contributed by atoms with Crippen LogP contribution in [0.25, 0.3) is 11.3 Å². The van der Waals surface area contributed by atoms with Crippen LogP contribution in [0.1, 0.15) is 17.7 Å². The Bertz CT molecular complexity index is 543. The van der Waals surface area contributed by atoms with Crippen molar-refractivity contribution in [3.8, 4) is 11.3 Å². The molecule has 0 amide bonds. The highest BCUT2D eigenvalue weighted by molar-refractivity contribution is 5.66. The van der Waals surface area contributed by atoms with E-state index in [1.165, 1.54) is 5.56 Å². The lowest BCUT2D eigenvalue weighted by Gasteiger charge is -2.00. The highest BCUT2D eigenvalue weighted by Crippen LogP contribution is 2.22. The molecule has 0 aliphatic carbocycles. The van der Waals surface area contributed by atoms with Gasteiger partial charge in [-0.3, -0.25) is 4.79 Å². The fraction of sp³-hybridized carbons (Fsp3) is 0.267. The van der Waals surface area contributed by atoms with E-state index in [9.17, 15) is 4.79 Å². The third-order valence-electron chi connectivity index (χ3n) is 2.81. The molecule has 0 atom stereocenters. The normalized spacial score (nSPS) is 10.6. The zero-order valence-electron chi connectivity index (χ0n) is 10.8. The monoisotopic (exact) mass is 259 g/mol. The van der Waals surface area contributed by atoms with Crippen molar-refractivity contribution >= 4 is 5.97 Å². The van der Waals surface area contributed by atoms with Gasteiger partial charge in [-0.25, -0.2) is 0 Å². The van der Waals surface area contributed by atoms with E-state index in [2.05, 4.69) is 5.32 Å². The first kappa shape index (κ1) is 13.4. The van der Waals surface area contributed by atoms with Crippen molar-refractivity contribution in [2.24, 2.45) is 0 Å². The van der Waals surface area contributed by atoms with Crippen molar-refractivity contribution in [3.05, 3.63) is 47.7 Å². The second-order valence-corrected chi connectivity index (χ2v) is 4.45. The van der Waals surface area contributed by atoms with E-state index < -0.39 is 5.97 Å². The first-order valence-corrected chi connectivity index (χ1v) is 6.23. The summed E-state index contributed by atoms with van der Waals surface area (Å²) in [5.41, 5.74) is 2.26. The van der Waals surface area contributed by atoms with Crippen LogP contribution in [0.2, 0.25) is 0 Å². The average Bonchev–Trinajstić information content (AvgIpc) is 2.84. The summed E-state index contributed by atoms with van der Waals surface area (Å²) in [4.78, 5) is 10.4. The Labute approximate surface area is 112 Å². The molecule has 2 N–H and O–H groups in total. The van der Waals surface area contributed by atoms with Crippen LogP contribution in [0.15, 0.2) is 40.8 Å². The van der Waals surface area contributed by atoms with Crippen LogP contribution in [0.3, 0.4) is 0 Å². The molecule has 1 aromatic carbocycles. The summed E-state index contributed by atoms with van der Waals surface area (Å²) in [5.74, 6) is 0.836. The summed E-state index contributed by atoms with van der Waals surface area (Å²) in [5, 5.41) is 11.6. The molecular formula is C15H17NO3. The second-order valence-electron chi connectivity index (χ2n) is 4.45. The first-order valence-electron chi connectivity index (χ1n) is 6.23. The number of furan rings is 1. The topological polar surface area (TPSA) is 62.5 Å². The lowest BCUT2D eigenvalue weighted by Crippen LogP contribution is -2.17. The van der Waals surface area contributed by atoms with Gasteiger partial charge in [0.05, 0.1) is 13.0 Å². The summed E-state index contributed by atoms with van der Waals surface area (Å²) in [6.45, 7) is 3.03. The van der Waals surface area contributed by atoms with Crippen LogP contribution in [0.4, 0.5) is 0 Å². The molecule has 0 saturated carbocycles. The molecule has 0 unspecified atom stereocenters. The molecule has 1 aromatic heterocycles. The zero-order valence-corrected chi connectivity index (χ0v) is 10.8. The molecule has 2 rings (SSSR count). The minimum atomic E-state index is -0.799. The fourth-order valence-electron chi connectivity index (χ4n) is 1.75. The Morgan fingerprint density at radius 2 is 1.95 bits per heavy atom. The summed E-state index contributed by atoms with van der Waals surface area (Å²) in [6, 6.07) is 12.0. The number of benzene rings is 1. The molecule has 0 fully saturated rings. The maximum absolute atomic E-state index is 10.4. The lowest BCUT2D eigenvalue weighted by atomic mass is 10.1. The van der Waals surface area contributed by atoms with Crippen molar-refractivity contribution in [1.29, 1.82) is 0 Å². The molecule has 2 aromatic rings. The van der Waals surface area contributed by atoms with Gasteiger partial charge in [0.2, 0.25) is 0 Å². The average molecular weight is 259 g/mol. The number of hydrogen-bond donors (Lipinski definition) is 2. The van der Waals surface area contributed by atoms with E-state index >= 15 is 0 Å². The lowest BCUT2D eigenvalue weighted by molar-refractivity contribution is -0.136. The first-order chi connectivity index (χ1) is 9.15. The van der Waals surface area contributed by atoms with E-state index in [0.717, 1.165) is 17.1 Å². The number of carboxylic acids is 1. The molecule has 0 aliphatic rings. The van der Waals surface area contributed by atoms with E-state index in [1.807, 2.05) is 43.3 Å². The van der Waals surface area contributed by atoms with Gasteiger partial charge in [0.1, 0.15) is 11.5 Å². The fourth-order valence-corrected chi connectivity index (χ4v) is 1.75. The maximum Gasteiger partial charge on any atom is 0.304 e. The highest BCUT2D eigenvalue weighted by Gasteiger charge is 2.04. The largest absolute Gasteiger partial charge is 0.481 e. The minimum absolute atomic E-state index is 0.117. The van der Waals surface area contributed by atoms with Crippen molar-refractivity contribution in [3.63, 3.8) is 0 Å². The van der Waals surface area contributed by atoms with Gasteiger partial charge in [0, 0.05) is 12.1 Å². The van der Waals surface area contributed by atoms with Crippen LogP contribution in [-0.4, -0.2) is 17.6 Å².